The van der Waals surface area contributed by atoms with Crippen molar-refractivity contribution < 1.29 is 9.90 Å². The van der Waals surface area contributed by atoms with Crippen LogP contribution in [0.5, 0.6) is 0 Å². The molecule has 1 atom stereocenters. The SMILES string of the molecule is CCC(=O)c1ccc(NCC(O)C(CC)CC)cc1. The molecule has 0 bridgehead atoms. The summed E-state index contributed by atoms with van der Waals surface area (Å²) in [5, 5.41) is 13.3. The van der Waals surface area contributed by atoms with Crippen molar-refractivity contribution in [2.45, 2.75) is 46.1 Å². The minimum Gasteiger partial charge on any atom is -0.391 e. The molecule has 0 aliphatic carbocycles. The molecule has 3 heteroatoms. The minimum atomic E-state index is -0.327. The highest BCUT2D eigenvalue weighted by atomic mass is 16.3. The lowest BCUT2D eigenvalue weighted by Gasteiger charge is -2.20. The number of nitrogens with one attached hydrogen (secondary N) is 1. The van der Waals surface area contributed by atoms with E-state index >= 15 is 0 Å². The first kappa shape index (κ1) is 15.7. The fourth-order valence-corrected chi connectivity index (χ4v) is 2.20. The van der Waals surface area contributed by atoms with Crippen molar-refractivity contribution in [3.05, 3.63) is 29.8 Å². The minimum absolute atomic E-state index is 0.156. The topological polar surface area (TPSA) is 49.3 Å². The summed E-state index contributed by atoms with van der Waals surface area (Å²) in [5.41, 5.74) is 1.69. The molecule has 0 spiro atoms. The summed E-state index contributed by atoms with van der Waals surface area (Å²) in [6.45, 7) is 6.61. The highest BCUT2D eigenvalue weighted by Gasteiger charge is 2.14. The van der Waals surface area contributed by atoms with Crippen molar-refractivity contribution in [1.29, 1.82) is 0 Å². The van der Waals surface area contributed by atoms with E-state index in [2.05, 4.69) is 19.2 Å². The Morgan fingerprint density at radius 3 is 2.21 bits per heavy atom. The van der Waals surface area contributed by atoms with Gasteiger partial charge in [0.25, 0.3) is 0 Å². The van der Waals surface area contributed by atoms with Gasteiger partial charge in [-0.1, -0.05) is 33.6 Å². The second-order valence-corrected chi connectivity index (χ2v) is 4.88. The van der Waals surface area contributed by atoms with Gasteiger partial charge in [0.05, 0.1) is 6.10 Å². The van der Waals surface area contributed by atoms with Crippen LogP contribution in [0.2, 0.25) is 0 Å². The largest absolute Gasteiger partial charge is 0.391 e. The number of carbonyl (C=O) groups is 1. The van der Waals surface area contributed by atoms with Crippen molar-refractivity contribution in [2.75, 3.05) is 11.9 Å². The normalized spacial score (nSPS) is 12.5. The van der Waals surface area contributed by atoms with Crippen molar-refractivity contribution in [3.63, 3.8) is 0 Å². The van der Waals surface area contributed by atoms with Gasteiger partial charge < -0.3 is 10.4 Å². The van der Waals surface area contributed by atoms with Gasteiger partial charge in [0.2, 0.25) is 0 Å². The average molecular weight is 263 g/mol. The summed E-state index contributed by atoms with van der Waals surface area (Å²) in [7, 11) is 0. The first-order valence-electron chi connectivity index (χ1n) is 7.17. The lowest BCUT2D eigenvalue weighted by Crippen LogP contribution is -2.27. The molecule has 0 aliphatic rings. The maximum absolute atomic E-state index is 11.5. The Kier molecular flexibility index (Phi) is 6.57. The molecular weight excluding hydrogens is 238 g/mol. The van der Waals surface area contributed by atoms with E-state index in [1.54, 1.807) is 0 Å². The third kappa shape index (κ3) is 4.67. The fourth-order valence-electron chi connectivity index (χ4n) is 2.20. The molecule has 0 saturated heterocycles. The van der Waals surface area contributed by atoms with Crippen molar-refractivity contribution >= 4 is 11.5 Å². The summed E-state index contributed by atoms with van der Waals surface area (Å²) in [6.07, 6.45) is 2.18. The van der Waals surface area contributed by atoms with Crippen LogP contribution in [-0.4, -0.2) is 23.5 Å². The number of hydrogen-bond donors (Lipinski definition) is 2. The van der Waals surface area contributed by atoms with E-state index in [0.29, 0.717) is 18.9 Å². The number of ketones is 1. The summed E-state index contributed by atoms with van der Waals surface area (Å²) in [6, 6.07) is 7.44. The van der Waals surface area contributed by atoms with Crippen molar-refractivity contribution in [2.24, 2.45) is 5.92 Å². The monoisotopic (exact) mass is 263 g/mol. The van der Waals surface area contributed by atoms with Crippen LogP contribution in [0.15, 0.2) is 24.3 Å². The lowest BCUT2D eigenvalue weighted by atomic mass is 9.96. The van der Waals surface area contributed by atoms with E-state index in [-0.39, 0.29) is 11.9 Å². The lowest BCUT2D eigenvalue weighted by molar-refractivity contribution is 0.0988. The van der Waals surface area contributed by atoms with Gasteiger partial charge in [0.1, 0.15) is 0 Å². The zero-order chi connectivity index (χ0) is 14.3. The Hall–Kier alpha value is -1.35. The molecule has 0 aliphatic heterocycles. The van der Waals surface area contributed by atoms with Gasteiger partial charge in [-0.25, -0.2) is 0 Å². The van der Waals surface area contributed by atoms with E-state index in [9.17, 15) is 9.90 Å². The van der Waals surface area contributed by atoms with Gasteiger partial charge >= 0.3 is 0 Å². The van der Waals surface area contributed by atoms with Gasteiger partial charge in [-0.05, 0) is 30.2 Å². The number of benzene rings is 1. The van der Waals surface area contributed by atoms with Gasteiger partial charge in [0, 0.05) is 24.2 Å². The van der Waals surface area contributed by atoms with E-state index in [0.717, 1.165) is 24.1 Å². The molecule has 1 rings (SSSR count). The Balaban J connectivity index is 2.52. The van der Waals surface area contributed by atoms with Crippen LogP contribution in [0.4, 0.5) is 5.69 Å². The molecule has 0 heterocycles. The molecule has 0 radical (unpaired) electrons. The Labute approximate surface area is 116 Å². The van der Waals surface area contributed by atoms with Crippen LogP contribution in [0, 0.1) is 5.92 Å². The molecule has 1 unspecified atom stereocenters. The molecule has 2 N–H and O–H groups in total. The quantitative estimate of drug-likeness (QED) is 0.706. The number of aliphatic hydroxyl groups excluding tert-OH is 1. The molecule has 0 fully saturated rings. The third-order valence-corrected chi connectivity index (χ3v) is 3.64. The summed E-state index contributed by atoms with van der Waals surface area (Å²) < 4.78 is 0. The summed E-state index contributed by atoms with van der Waals surface area (Å²) >= 11 is 0. The predicted molar refractivity (Wildman–Crippen MR) is 79.6 cm³/mol. The standard InChI is InChI=1S/C16H25NO2/c1-4-12(5-2)16(19)11-17-14-9-7-13(8-10-14)15(18)6-3/h7-10,12,16-17,19H,4-6,11H2,1-3H3. The highest BCUT2D eigenvalue weighted by molar-refractivity contribution is 5.96. The molecule has 0 amide bonds. The van der Waals surface area contributed by atoms with Gasteiger partial charge in [0.15, 0.2) is 5.78 Å². The number of Topliss-reactive ketones (excluding diaryl/α,β-unsaturated/α-hetero) is 1. The molecule has 0 aromatic heterocycles. The van der Waals surface area contributed by atoms with E-state index in [1.807, 2.05) is 31.2 Å². The Morgan fingerprint density at radius 2 is 1.74 bits per heavy atom. The second kappa shape index (κ2) is 7.95. The van der Waals surface area contributed by atoms with Crippen LogP contribution in [0.25, 0.3) is 0 Å². The smallest absolute Gasteiger partial charge is 0.162 e. The van der Waals surface area contributed by atoms with Crippen LogP contribution in [-0.2, 0) is 0 Å². The predicted octanol–water partition coefficient (Wildman–Crippen LogP) is 3.49. The molecule has 0 saturated carbocycles. The summed E-state index contributed by atoms with van der Waals surface area (Å²) in [4.78, 5) is 11.5. The highest BCUT2D eigenvalue weighted by Crippen LogP contribution is 2.15. The molecule has 3 nitrogen and oxygen atoms in total. The third-order valence-electron chi connectivity index (χ3n) is 3.64. The van der Waals surface area contributed by atoms with Gasteiger partial charge in [-0.15, -0.1) is 0 Å². The molecular formula is C16H25NO2. The van der Waals surface area contributed by atoms with Crippen LogP contribution >= 0.6 is 0 Å². The maximum atomic E-state index is 11.5. The molecule has 1 aromatic carbocycles. The van der Waals surface area contributed by atoms with Crippen LogP contribution in [0.3, 0.4) is 0 Å². The maximum Gasteiger partial charge on any atom is 0.162 e. The van der Waals surface area contributed by atoms with Gasteiger partial charge in [-0.3, -0.25) is 4.79 Å². The van der Waals surface area contributed by atoms with Crippen molar-refractivity contribution in [1.82, 2.24) is 0 Å². The number of rotatable bonds is 8. The molecule has 19 heavy (non-hydrogen) atoms. The second-order valence-electron chi connectivity index (χ2n) is 4.88. The average Bonchev–Trinajstić information content (AvgIpc) is 2.46. The Bertz CT molecular complexity index is 382. The van der Waals surface area contributed by atoms with Crippen LogP contribution in [0.1, 0.15) is 50.4 Å². The Morgan fingerprint density at radius 1 is 1.16 bits per heavy atom. The number of anilines is 1. The van der Waals surface area contributed by atoms with E-state index < -0.39 is 0 Å². The molecule has 106 valence electrons. The van der Waals surface area contributed by atoms with E-state index in [4.69, 9.17) is 0 Å². The zero-order valence-corrected chi connectivity index (χ0v) is 12.1. The summed E-state index contributed by atoms with van der Waals surface area (Å²) in [5.74, 6) is 0.497. The van der Waals surface area contributed by atoms with Gasteiger partial charge in [-0.2, -0.15) is 0 Å². The zero-order valence-electron chi connectivity index (χ0n) is 12.1. The molecule has 1 aromatic rings. The first-order chi connectivity index (χ1) is 9.12. The number of carbonyl (C=O) groups excluding carboxylic acids is 1. The first-order valence-corrected chi connectivity index (χ1v) is 7.17. The number of hydrogen-bond acceptors (Lipinski definition) is 3. The van der Waals surface area contributed by atoms with Crippen LogP contribution < -0.4 is 5.32 Å². The fraction of sp³-hybridized carbons (Fsp3) is 0.562. The number of aliphatic hydroxyl groups is 1. The van der Waals surface area contributed by atoms with Crippen molar-refractivity contribution in [3.8, 4) is 0 Å². The van der Waals surface area contributed by atoms with E-state index in [1.165, 1.54) is 0 Å².